The Balaban J connectivity index is 1.73. The molecule has 0 fully saturated rings. The lowest BCUT2D eigenvalue weighted by Gasteiger charge is -2.22. The second kappa shape index (κ2) is 8.26. The second-order valence-electron chi connectivity index (χ2n) is 6.92. The number of amides is 1. The van der Waals surface area contributed by atoms with E-state index >= 15 is 0 Å². The Morgan fingerprint density at radius 1 is 1.14 bits per heavy atom. The van der Waals surface area contributed by atoms with Gasteiger partial charge in [0, 0.05) is 25.7 Å². The Bertz CT molecular complexity index is 917. The number of carbonyl (C=O) groups excluding carboxylic acids is 1. The highest BCUT2D eigenvalue weighted by Gasteiger charge is 2.20. The van der Waals surface area contributed by atoms with Gasteiger partial charge < -0.3 is 10.0 Å². The van der Waals surface area contributed by atoms with Crippen molar-refractivity contribution in [1.29, 1.82) is 0 Å². The van der Waals surface area contributed by atoms with Crippen LogP contribution < -0.4 is 0 Å². The summed E-state index contributed by atoms with van der Waals surface area (Å²) in [6.45, 7) is 6.34. The van der Waals surface area contributed by atoms with E-state index in [1.807, 2.05) is 25.1 Å². The van der Waals surface area contributed by atoms with Crippen LogP contribution in [0.25, 0.3) is 5.69 Å². The maximum Gasteiger partial charge on any atom is 0.256 e. The lowest BCUT2D eigenvalue weighted by molar-refractivity contribution is 0.0733. The van der Waals surface area contributed by atoms with Crippen molar-refractivity contribution in [2.75, 3.05) is 13.1 Å². The molecule has 8 nitrogen and oxygen atoms in total. The van der Waals surface area contributed by atoms with Crippen molar-refractivity contribution in [2.45, 2.75) is 32.8 Å². The molecule has 3 aromatic rings. The van der Waals surface area contributed by atoms with Gasteiger partial charge >= 0.3 is 0 Å². The Labute approximate surface area is 163 Å². The summed E-state index contributed by atoms with van der Waals surface area (Å²) >= 11 is 0. The molecule has 0 unspecified atom stereocenters. The minimum atomic E-state index is -1.03. The number of para-hydroxylation sites is 1. The minimum Gasteiger partial charge on any atom is -0.384 e. The van der Waals surface area contributed by atoms with Crippen molar-refractivity contribution in [1.82, 2.24) is 29.9 Å². The first-order valence-electron chi connectivity index (χ1n) is 9.19. The third-order valence-corrected chi connectivity index (χ3v) is 4.41. The van der Waals surface area contributed by atoms with Crippen LogP contribution in [0.4, 0.5) is 0 Å². The second-order valence-corrected chi connectivity index (χ2v) is 6.92. The van der Waals surface area contributed by atoms with Crippen LogP contribution in [0.15, 0.2) is 49.1 Å². The van der Waals surface area contributed by atoms with Gasteiger partial charge in [-0.25, -0.2) is 0 Å². The number of aliphatic hydroxyl groups is 1. The lowest BCUT2D eigenvalue weighted by atomic mass is 10.1. The fourth-order valence-corrected chi connectivity index (χ4v) is 2.79. The first kappa shape index (κ1) is 19.6. The Kier molecular flexibility index (Phi) is 5.79. The largest absolute Gasteiger partial charge is 0.384 e. The van der Waals surface area contributed by atoms with E-state index in [0.29, 0.717) is 36.5 Å². The molecule has 0 radical (unpaired) electrons. The molecule has 28 heavy (non-hydrogen) atoms. The van der Waals surface area contributed by atoms with Gasteiger partial charge in [0.25, 0.3) is 5.91 Å². The zero-order chi connectivity index (χ0) is 20.1. The van der Waals surface area contributed by atoms with Crippen molar-refractivity contribution in [3.63, 3.8) is 0 Å². The Hall–Kier alpha value is -3.13. The molecule has 0 aliphatic rings. The molecule has 0 aliphatic heterocycles. The summed E-state index contributed by atoms with van der Waals surface area (Å²) < 4.78 is 0. The molecule has 0 bridgehead atoms. The van der Waals surface area contributed by atoms with E-state index in [2.05, 4.69) is 20.2 Å². The van der Waals surface area contributed by atoms with Crippen LogP contribution in [0.5, 0.6) is 0 Å². The summed E-state index contributed by atoms with van der Waals surface area (Å²) in [4.78, 5) is 24.9. The fraction of sp³-hybridized carbons (Fsp3) is 0.350. The van der Waals surface area contributed by atoms with Crippen LogP contribution in [0, 0.1) is 0 Å². The fourth-order valence-electron chi connectivity index (χ4n) is 2.79. The number of likely N-dealkylation sites (N-methyl/N-ethyl adjacent to an activating group) is 1. The highest BCUT2D eigenvalue weighted by atomic mass is 16.3. The van der Waals surface area contributed by atoms with E-state index in [1.165, 1.54) is 4.80 Å². The quantitative estimate of drug-likeness (QED) is 0.673. The summed E-state index contributed by atoms with van der Waals surface area (Å²) in [7, 11) is 0. The molecule has 2 heterocycles. The van der Waals surface area contributed by atoms with Gasteiger partial charge in [0.1, 0.15) is 5.60 Å². The van der Waals surface area contributed by atoms with Gasteiger partial charge in [0.2, 0.25) is 0 Å². The van der Waals surface area contributed by atoms with Crippen LogP contribution >= 0.6 is 0 Å². The van der Waals surface area contributed by atoms with Crippen molar-refractivity contribution >= 4 is 5.91 Å². The molecule has 0 spiro atoms. The highest BCUT2D eigenvalue weighted by Crippen LogP contribution is 2.17. The van der Waals surface area contributed by atoms with Gasteiger partial charge in [-0.2, -0.15) is 15.0 Å². The molecule has 0 aliphatic carbocycles. The van der Waals surface area contributed by atoms with Gasteiger partial charge in [0.15, 0.2) is 0 Å². The van der Waals surface area contributed by atoms with E-state index in [1.54, 1.807) is 49.6 Å². The normalized spacial score (nSPS) is 11.4. The number of hydrogen-bond acceptors (Lipinski definition) is 6. The molecular formula is C20H24N6O2. The molecule has 3 rings (SSSR count). The SMILES string of the molecule is CCN(CCc1cnc(C(C)(C)O)cn1)C(=O)c1ccccc1-n1nccn1. The van der Waals surface area contributed by atoms with Gasteiger partial charge in [-0.15, -0.1) is 0 Å². The van der Waals surface area contributed by atoms with Crippen LogP contribution in [-0.2, 0) is 12.0 Å². The smallest absolute Gasteiger partial charge is 0.256 e. The zero-order valence-corrected chi connectivity index (χ0v) is 16.3. The van der Waals surface area contributed by atoms with Crippen molar-refractivity contribution in [3.05, 3.63) is 66.0 Å². The maximum absolute atomic E-state index is 13.1. The van der Waals surface area contributed by atoms with Gasteiger partial charge in [-0.1, -0.05) is 12.1 Å². The maximum atomic E-state index is 13.1. The van der Waals surface area contributed by atoms with Crippen LogP contribution in [0.1, 0.15) is 42.5 Å². The van der Waals surface area contributed by atoms with Crippen LogP contribution in [0.3, 0.4) is 0 Å². The minimum absolute atomic E-state index is 0.0866. The third kappa shape index (κ3) is 4.40. The molecule has 1 aromatic carbocycles. The average Bonchev–Trinajstić information content (AvgIpc) is 3.22. The number of aromatic nitrogens is 5. The number of rotatable bonds is 7. The summed E-state index contributed by atoms with van der Waals surface area (Å²) in [6, 6.07) is 7.28. The van der Waals surface area contributed by atoms with E-state index in [0.717, 1.165) is 5.69 Å². The van der Waals surface area contributed by atoms with Crippen LogP contribution in [0.2, 0.25) is 0 Å². The molecule has 0 saturated carbocycles. The Morgan fingerprint density at radius 2 is 1.86 bits per heavy atom. The monoisotopic (exact) mass is 380 g/mol. The molecule has 1 N–H and O–H groups in total. The first-order chi connectivity index (χ1) is 13.4. The molecule has 146 valence electrons. The third-order valence-electron chi connectivity index (χ3n) is 4.41. The topological polar surface area (TPSA) is 97.0 Å². The molecule has 0 atom stereocenters. The number of hydrogen-bond donors (Lipinski definition) is 1. The predicted octanol–water partition coefficient (Wildman–Crippen LogP) is 1.99. The lowest BCUT2D eigenvalue weighted by Crippen LogP contribution is -2.33. The first-order valence-corrected chi connectivity index (χ1v) is 9.19. The molecule has 2 aromatic heterocycles. The van der Waals surface area contributed by atoms with Crippen molar-refractivity contribution < 1.29 is 9.90 Å². The predicted molar refractivity (Wildman–Crippen MR) is 104 cm³/mol. The van der Waals surface area contributed by atoms with E-state index < -0.39 is 5.60 Å². The Morgan fingerprint density at radius 3 is 2.46 bits per heavy atom. The van der Waals surface area contributed by atoms with E-state index in [-0.39, 0.29) is 5.91 Å². The molecule has 8 heteroatoms. The van der Waals surface area contributed by atoms with Crippen molar-refractivity contribution in [3.8, 4) is 5.69 Å². The molecule has 1 amide bonds. The zero-order valence-electron chi connectivity index (χ0n) is 16.3. The number of carbonyl (C=O) groups is 1. The van der Waals surface area contributed by atoms with E-state index in [9.17, 15) is 9.90 Å². The number of nitrogens with zero attached hydrogens (tertiary/aromatic N) is 6. The van der Waals surface area contributed by atoms with Gasteiger partial charge in [-0.05, 0) is 32.9 Å². The summed E-state index contributed by atoms with van der Waals surface area (Å²) in [6.07, 6.45) is 6.95. The average molecular weight is 380 g/mol. The van der Waals surface area contributed by atoms with Gasteiger partial charge in [-0.3, -0.25) is 14.8 Å². The summed E-state index contributed by atoms with van der Waals surface area (Å²) in [5.74, 6) is -0.0866. The standard InChI is InChI=1S/C20H24N6O2/c1-4-25(12-9-15-13-22-18(14-21-15)20(2,3)28)19(27)16-7-5-6-8-17(16)26-23-10-11-24-26/h5-8,10-11,13-14,28H,4,9,12H2,1-3H3. The van der Waals surface area contributed by atoms with Crippen LogP contribution in [-0.4, -0.2) is 54.0 Å². The highest BCUT2D eigenvalue weighted by molar-refractivity contribution is 5.97. The molecular weight excluding hydrogens is 356 g/mol. The number of benzene rings is 1. The summed E-state index contributed by atoms with van der Waals surface area (Å²) in [5.41, 5.74) is 1.44. The van der Waals surface area contributed by atoms with Crippen molar-refractivity contribution in [2.24, 2.45) is 0 Å². The molecule has 0 saturated heterocycles. The van der Waals surface area contributed by atoms with Gasteiger partial charge in [0.05, 0.1) is 41.2 Å². The van der Waals surface area contributed by atoms with E-state index in [4.69, 9.17) is 0 Å². The summed E-state index contributed by atoms with van der Waals surface area (Å²) in [5, 5.41) is 18.2.